The molecular formula is C13H18N2O4. The highest BCUT2D eigenvalue weighted by molar-refractivity contribution is 5.96. The Hall–Kier alpha value is -1.92. The molecule has 19 heavy (non-hydrogen) atoms. The number of aliphatic hydroxyl groups is 2. The number of amides is 2. The van der Waals surface area contributed by atoms with Gasteiger partial charge in [0.15, 0.2) is 0 Å². The van der Waals surface area contributed by atoms with Crippen molar-refractivity contribution in [3.8, 4) is 0 Å². The Kier molecular flexibility index (Phi) is 5.98. The smallest absolute Gasteiger partial charge is 0.254 e. The molecule has 0 spiro atoms. The van der Waals surface area contributed by atoms with Gasteiger partial charge in [-0.25, -0.2) is 0 Å². The van der Waals surface area contributed by atoms with E-state index < -0.39 is 11.9 Å². The van der Waals surface area contributed by atoms with Crippen LogP contribution in [-0.2, 0) is 4.79 Å². The summed E-state index contributed by atoms with van der Waals surface area (Å²) in [6.07, 6.45) is 0. The second-order valence-corrected chi connectivity index (χ2v) is 4.16. The number of carbonyl (C=O) groups is 2. The molecule has 104 valence electrons. The van der Waals surface area contributed by atoms with E-state index in [0.29, 0.717) is 5.56 Å². The normalized spacial score (nSPS) is 10.3. The van der Waals surface area contributed by atoms with Crippen molar-refractivity contribution >= 4 is 11.8 Å². The summed E-state index contributed by atoms with van der Waals surface area (Å²) >= 11 is 0. The maximum Gasteiger partial charge on any atom is 0.254 e. The van der Waals surface area contributed by atoms with E-state index in [1.807, 2.05) is 0 Å². The zero-order chi connectivity index (χ0) is 14.3. The largest absolute Gasteiger partial charge is 0.394 e. The van der Waals surface area contributed by atoms with Gasteiger partial charge in [0, 0.05) is 12.6 Å². The van der Waals surface area contributed by atoms with Crippen molar-refractivity contribution in [1.82, 2.24) is 10.2 Å². The average Bonchev–Trinajstić information content (AvgIpc) is 2.44. The summed E-state index contributed by atoms with van der Waals surface area (Å²) in [4.78, 5) is 24.8. The number of likely N-dealkylation sites (N-methyl/N-ethyl adjacent to an activating group) is 1. The van der Waals surface area contributed by atoms with Crippen LogP contribution in [0.1, 0.15) is 10.4 Å². The molecule has 0 aliphatic heterocycles. The van der Waals surface area contributed by atoms with E-state index in [4.69, 9.17) is 10.2 Å². The number of hydrogen-bond donors (Lipinski definition) is 3. The fraction of sp³-hybridized carbons (Fsp3) is 0.385. The summed E-state index contributed by atoms with van der Waals surface area (Å²) in [6.45, 7) is -0.832. The molecule has 0 bridgehead atoms. The van der Waals surface area contributed by atoms with E-state index in [-0.39, 0.29) is 25.7 Å². The fourth-order valence-electron chi connectivity index (χ4n) is 1.51. The molecule has 0 aromatic heterocycles. The standard InChI is InChI=1S/C13H18N2O4/c1-15(7-12(18)14-11(8-16)9-17)13(19)10-5-3-2-4-6-10/h2-6,11,16-17H,7-9H2,1H3,(H,14,18). The molecule has 0 heterocycles. The lowest BCUT2D eigenvalue weighted by molar-refractivity contribution is -0.122. The molecule has 1 aromatic rings. The van der Waals surface area contributed by atoms with Gasteiger partial charge in [-0.1, -0.05) is 18.2 Å². The molecule has 1 aromatic carbocycles. The van der Waals surface area contributed by atoms with Gasteiger partial charge in [0.2, 0.25) is 5.91 Å². The fourth-order valence-corrected chi connectivity index (χ4v) is 1.51. The van der Waals surface area contributed by atoms with E-state index in [9.17, 15) is 9.59 Å². The van der Waals surface area contributed by atoms with Crippen molar-refractivity contribution in [2.45, 2.75) is 6.04 Å². The van der Waals surface area contributed by atoms with Gasteiger partial charge in [-0.05, 0) is 12.1 Å². The minimum Gasteiger partial charge on any atom is -0.394 e. The molecule has 0 radical (unpaired) electrons. The zero-order valence-corrected chi connectivity index (χ0v) is 10.7. The van der Waals surface area contributed by atoms with Crippen LogP contribution in [0.15, 0.2) is 30.3 Å². The first-order valence-electron chi connectivity index (χ1n) is 5.90. The topological polar surface area (TPSA) is 89.9 Å². The SMILES string of the molecule is CN(CC(=O)NC(CO)CO)C(=O)c1ccccc1. The van der Waals surface area contributed by atoms with E-state index in [1.165, 1.54) is 11.9 Å². The third kappa shape index (κ3) is 4.69. The van der Waals surface area contributed by atoms with Gasteiger partial charge in [0.25, 0.3) is 5.91 Å². The predicted octanol–water partition coefficient (Wildman–Crippen LogP) is -0.772. The minimum atomic E-state index is -0.701. The highest BCUT2D eigenvalue weighted by Crippen LogP contribution is 2.02. The van der Waals surface area contributed by atoms with Gasteiger partial charge in [0.1, 0.15) is 0 Å². The van der Waals surface area contributed by atoms with Crippen molar-refractivity contribution in [1.29, 1.82) is 0 Å². The minimum absolute atomic E-state index is 0.135. The first-order chi connectivity index (χ1) is 9.08. The highest BCUT2D eigenvalue weighted by Gasteiger charge is 2.16. The number of rotatable bonds is 6. The van der Waals surface area contributed by atoms with Crippen molar-refractivity contribution < 1.29 is 19.8 Å². The third-order valence-electron chi connectivity index (χ3n) is 2.55. The van der Waals surface area contributed by atoms with Crippen LogP contribution < -0.4 is 5.32 Å². The molecule has 0 aliphatic rings. The Bertz CT molecular complexity index is 418. The van der Waals surface area contributed by atoms with Gasteiger partial charge < -0.3 is 20.4 Å². The molecule has 0 atom stereocenters. The number of hydrogen-bond acceptors (Lipinski definition) is 4. The molecule has 1 rings (SSSR count). The quantitative estimate of drug-likeness (QED) is 0.630. The summed E-state index contributed by atoms with van der Waals surface area (Å²) in [5.41, 5.74) is 0.499. The Morgan fingerprint density at radius 2 is 1.79 bits per heavy atom. The molecule has 0 saturated heterocycles. The molecule has 0 fully saturated rings. The Labute approximate surface area is 111 Å². The van der Waals surface area contributed by atoms with Crippen LogP contribution in [0.4, 0.5) is 0 Å². The van der Waals surface area contributed by atoms with Crippen LogP contribution in [0.2, 0.25) is 0 Å². The first kappa shape index (κ1) is 15.1. The van der Waals surface area contributed by atoms with Gasteiger partial charge in [0.05, 0.1) is 25.8 Å². The van der Waals surface area contributed by atoms with E-state index in [2.05, 4.69) is 5.32 Å². The van der Waals surface area contributed by atoms with Gasteiger partial charge in [-0.15, -0.1) is 0 Å². The van der Waals surface area contributed by atoms with Crippen LogP contribution >= 0.6 is 0 Å². The summed E-state index contributed by atoms with van der Waals surface area (Å²) in [5.74, 6) is -0.694. The van der Waals surface area contributed by atoms with Gasteiger partial charge in [-0.3, -0.25) is 9.59 Å². The summed E-state index contributed by atoms with van der Waals surface area (Å²) in [5, 5.41) is 20.1. The molecular weight excluding hydrogens is 248 g/mol. The van der Waals surface area contributed by atoms with Crippen LogP contribution in [0.25, 0.3) is 0 Å². The summed E-state index contributed by atoms with van der Waals surface area (Å²) in [7, 11) is 1.52. The Morgan fingerprint density at radius 1 is 1.21 bits per heavy atom. The van der Waals surface area contributed by atoms with E-state index in [0.717, 1.165) is 0 Å². The Balaban J connectivity index is 2.53. The average molecular weight is 266 g/mol. The van der Waals surface area contributed by atoms with Crippen LogP contribution in [0.3, 0.4) is 0 Å². The molecule has 6 heteroatoms. The van der Waals surface area contributed by atoms with Gasteiger partial charge in [-0.2, -0.15) is 0 Å². The second kappa shape index (κ2) is 7.50. The lowest BCUT2D eigenvalue weighted by atomic mass is 10.2. The molecule has 0 aliphatic carbocycles. The molecule has 6 nitrogen and oxygen atoms in total. The number of aliphatic hydroxyl groups excluding tert-OH is 2. The number of benzene rings is 1. The van der Waals surface area contributed by atoms with E-state index >= 15 is 0 Å². The van der Waals surface area contributed by atoms with Crippen LogP contribution in [0.5, 0.6) is 0 Å². The maximum atomic E-state index is 12.0. The van der Waals surface area contributed by atoms with Crippen molar-refractivity contribution in [3.63, 3.8) is 0 Å². The van der Waals surface area contributed by atoms with Crippen molar-refractivity contribution in [3.05, 3.63) is 35.9 Å². The van der Waals surface area contributed by atoms with Crippen LogP contribution in [0, 0.1) is 0 Å². The molecule has 2 amide bonds. The number of nitrogens with one attached hydrogen (secondary N) is 1. The van der Waals surface area contributed by atoms with E-state index in [1.54, 1.807) is 30.3 Å². The summed E-state index contributed by atoms with van der Waals surface area (Å²) < 4.78 is 0. The number of carbonyl (C=O) groups excluding carboxylic acids is 2. The molecule has 0 unspecified atom stereocenters. The van der Waals surface area contributed by atoms with Gasteiger partial charge >= 0.3 is 0 Å². The van der Waals surface area contributed by atoms with Crippen molar-refractivity contribution in [2.75, 3.05) is 26.8 Å². The summed E-state index contributed by atoms with van der Waals surface area (Å²) in [6, 6.07) is 7.93. The zero-order valence-electron chi connectivity index (χ0n) is 10.7. The third-order valence-corrected chi connectivity index (χ3v) is 2.55. The molecule has 3 N–H and O–H groups in total. The Morgan fingerprint density at radius 3 is 2.32 bits per heavy atom. The second-order valence-electron chi connectivity index (χ2n) is 4.16. The monoisotopic (exact) mass is 266 g/mol. The highest BCUT2D eigenvalue weighted by atomic mass is 16.3. The molecule has 0 saturated carbocycles. The lowest BCUT2D eigenvalue weighted by Gasteiger charge is -2.19. The van der Waals surface area contributed by atoms with Crippen molar-refractivity contribution in [2.24, 2.45) is 0 Å². The predicted molar refractivity (Wildman–Crippen MR) is 69.5 cm³/mol. The lowest BCUT2D eigenvalue weighted by Crippen LogP contribution is -2.45. The number of nitrogens with zero attached hydrogens (tertiary/aromatic N) is 1. The van der Waals surface area contributed by atoms with Crippen LogP contribution in [-0.4, -0.2) is 59.8 Å². The first-order valence-corrected chi connectivity index (χ1v) is 5.90. The maximum absolute atomic E-state index is 12.0.